The van der Waals surface area contributed by atoms with Crippen molar-refractivity contribution in [1.29, 1.82) is 0 Å². The molecule has 3 aromatic rings. The Morgan fingerprint density at radius 2 is 1.80 bits per heavy atom. The Balaban J connectivity index is 1.69. The monoisotopic (exact) mass is 425 g/mol. The average Bonchev–Trinajstić information content (AvgIpc) is 2.77. The Labute approximate surface area is 179 Å². The number of ketones is 1. The lowest BCUT2D eigenvalue weighted by molar-refractivity contribution is -0.118. The number of hydrogen-bond acceptors (Lipinski definition) is 4. The third-order valence-electron chi connectivity index (χ3n) is 4.80. The molecule has 5 nitrogen and oxygen atoms in total. The fraction of sp³-hybridized carbons (Fsp3) is 0.217. The standard InChI is InChI=1S/C23H21ClFN3O2/c1-3-23(30)28(2)20-9-7-16(12-18(20)25)17-6-8-19(26-14-17)21(29)10-4-15-5-11-22(24)27-13-15/h5-9,11-14H,3-4,10H2,1-2H3. The van der Waals surface area contributed by atoms with Crippen LogP contribution in [0.25, 0.3) is 11.1 Å². The molecule has 1 aromatic carbocycles. The van der Waals surface area contributed by atoms with Crippen LogP contribution in [-0.2, 0) is 11.2 Å². The van der Waals surface area contributed by atoms with E-state index in [-0.39, 0.29) is 17.4 Å². The molecule has 0 saturated carbocycles. The third-order valence-corrected chi connectivity index (χ3v) is 5.02. The first kappa shape index (κ1) is 21.6. The highest BCUT2D eigenvalue weighted by molar-refractivity contribution is 6.29. The van der Waals surface area contributed by atoms with Gasteiger partial charge in [-0.25, -0.2) is 9.37 Å². The topological polar surface area (TPSA) is 63.2 Å². The number of amides is 1. The number of rotatable bonds is 7. The van der Waals surface area contributed by atoms with E-state index >= 15 is 0 Å². The van der Waals surface area contributed by atoms with E-state index in [9.17, 15) is 14.0 Å². The molecule has 154 valence electrons. The van der Waals surface area contributed by atoms with Crippen molar-refractivity contribution >= 4 is 29.0 Å². The zero-order chi connectivity index (χ0) is 21.7. The second-order valence-corrected chi connectivity index (χ2v) is 7.20. The van der Waals surface area contributed by atoms with Crippen LogP contribution >= 0.6 is 11.6 Å². The number of benzene rings is 1. The zero-order valence-corrected chi connectivity index (χ0v) is 17.5. The first-order valence-corrected chi connectivity index (χ1v) is 9.93. The molecule has 3 rings (SSSR count). The fourth-order valence-electron chi connectivity index (χ4n) is 3.00. The van der Waals surface area contributed by atoms with Crippen LogP contribution in [0.1, 0.15) is 35.8 Å². The Hall–Kier alpha value is -3.12. The van der Waals surface area contributed by atoms with Crippen LogP contribution in [0.15, 0.2) is 54.9 Å². The summed E-state index contributed by atoms with van der Waals surface area (Å²) in [4.78, 5) is 33.7. The van der Waals surface area contributed by atoms with Crippen LogP contribution in [0.2, 0.25) is 5.15 Å². The maximum Gasteiger partial charge on any atom is 0.226 e. The summed E-state index contributed by atoms with van der Waals surface area (Å²) >= 11 is 5.76. The van der Waals surface area contributed by atoms with Crippen molar-refractivity contribution in [3.8, 4) is 11.1 Å². The lowest BCUT2D eigenvalue weighted by Gasteiger charge is -2.17. The van der Waals surface area contributed by atoms with E-state index in [0.29, 0.717) is 41.2 Å². The molecule has 0 unspecified atom stereocenters. The van der Waals surface area contributed by atoms with Gasteiger partial charge in [-0.05, 0) is 41.8 Å². The highest BCUT2D eigenvalue weighted by atomic mass is 35.5. The van der Waals surface area contributed by atoms with E-state index < -0.39 is 5.82 Å². The van der Waals surface area contributed by atoms with Gasteiger partial charge in [-0.1, -0.05) is 36.7 Å². The van der Waals surface area contributed by atoms with Crippen molar-refractivity contribution in [2.24, 2.45) is 0 Å². The summed E-state index contributed by atoms with van der Waals surface area (Å²) < 4.78 is 14.5. The lowest BCUT2D eigenvalue weighted by Crippen LogP contribution is -2.25. The number of pyridine rings is 2. The number of carbonyl (C=O) groups is 2. The van der Waals surface area contributed by atoms with Crippen molar-refractivity contribution in [3.05, 3.63) is 77.1 Å². The second kappa shape index (κ2) is 9.59. The molecule has 0 fully saturated rings. The van der Waals surface area contributed by atoms with Gasteiger partial charge in [0.15, 0.2) is 5.78 Å². The molecule has 0 radical (unpaired) electrons. The maximum absolute atomic E-state index is 14.5. The Kier molecular flexibility index (Phi) is 6.90. The molecule has 0 aliphatic rings. The Morgan fingerprint density at radius 3 is 2.40 bits per heavy atom. The summed E-state index contributed by atoms with van der Waals surface area (Å²) in [6, 6.07) is 11.6. The molecule has 0 N–H and O–H groups in total. The summed E-state index contributed by atoms with van der Waals surface area (Å²) in [7, 11) is 1.55. The normalized spacial score (nSPS) is 10.7. The van der Waals surface area contributed by atoms with Crippen LogP contribution in [0, 0.1) is 5.82 Å². The molecule has 0 saturated heterocycles. The minimum atomic E-state index is -0.492. The average molecular weight is 426 g/mol. The van der Waals surface area contributed by atoms with Crippen LogP contribution in [0.4, 0.5) is 10.1 Å². The summed E-state index contributed by atoms with van der Waals surface area (Å²) in [6.07, 6.45) is 4.34. The molecule has 0 atom stereocenters. The number of aryl methyl sites for hydroxylation is 1. The molecule has 0 aliphatic heterocycles. The summed E-state index contributed by atoms with van der Waals surface area (Å²) in [5.41, 5.74) is 2.80. The van der Waals surface area contributed by atoms with Crippen LogP contribution < -0.4 is 4.90 Å². The SMILES string of the molecule is CCC(=O)N(C)c1ccc(-c2ccc(C(=O)CCc3ccc(Cl)nc3)nc2)cc1F. The predicted molar refractivity (Wildman–Crippen MR) is 115 cm³/mol. The molecule has 2 aromatic heterocycles. The van der Waals surface area contributed by atoms with Gasteiger partial charge in [0, 0.05) is 37.8 Å². The smallest absolute Gasteiger partial charge is 0.226 e. The van der Waals surface area contributed by atoms with Gasteiger partial charge in [0.1, 0.15) is 16.7 Å². The van der Waals surface area contributed by atoms with Gasteiger partial charge in [-0.3, -0.25) is 14.6 Å². The number of hydrogen-bond donors (Lipinski definition) is 0. The first-order valence-electron chi connectivity index (χ1n) is 9.55. The van der Waals surface area contributed by atoms with Gasteiger partial charge >= 0.3 is 0 Å². The van der Waals surface area contributed by atoms with Gasteiger partial charge in [-0.15, -0.1) is 0 Å². The molecular formula is C23H21ClFN3O2. The number of aromatic nitrogens is 2. The molecule has 2 heterocycles. The largest absolute Gasteiger partial charge is 0.313 e. The van der Waals surface area contributed by atoms with Crippen molar-refractivity contribution in [2.45, 2.75) is 26.2 Å². The van der Waals surface area contributed by atoms with Crippen molar-refractivity contribution in [2.75, 3.05) is 11.9 Å². The number of carbonyl (C=O) groups excluding carboxylic acids is 2. The van der Waals surface area contributed by atoms with E-state index in [0.717, 1.165) is 5.56 Å². The van der Waals surface area contributed by atoms with E-state index in [1.54, 1.807) is 56.7 Å². The van der Waals surface area contributed by atoms with Gasteiger partial charge in [0.2, 0.25) is 5.91 Å². The van der Waals surface area contributed by atoms with E-state index in [1.807, 2.05) is 6.07 Å². The van der Waals surface area contributed by atoms with Crippen LogP contribution in [-0.4, -0.2) is 28.7 Å². The highest BCUT2D eigenvalue weighted by Crippen LogP contribution is 2.26. The molecule has 1 amide bonds. The van der Waals surface area contributed by atoms with Crippen LogP contribution in [0.5, 0.6) is 0 Å². The summed E-state index contributed by atoms with van der Waals surface area (Å²) in [5, 5.41) is 0.412. The Bertz CT molecular complexity index is 1050. The highest BCUT2D eigenvalue weighted by Gasteiger charge is 2.15. The van der Waals surface area contributed by atoms with Gasteiger partial charge in [0.25, 0.3) is 0 Å². The number of anilines is 1. The molecule has 0 aliphatic carbocycles. The fourth-order valence-corrected chi connectivity index (χ4v) is 3.11. The summed E-state index contributed by atoms with van der Waals surface area (Å²) in [6.45, 7) is 1.73. The number of halogens is 2. The quantitative estimate of drug-likeness (QED) is 0.389. The minimum absolute atomic E-state index is 0.0854. The number of Topliss-reactive ketones (excluding diaryl/α,β-unsaturated/α-hetero) is 1. The van der Waals surface area contributed by atoms with Gasteiger partial charge < -0.3 is 4.90 Å². The molecular weight excluding hydrogens is 405 g/mol. The Morgan fingerprint density at radius 1 is 1.03 bits per heavy atom. The molecule has 0 bridgehead atoms. The second-order valence-electron chi connectivity index (χ2n) is 6.82. The van der Waals surface area contributed by atoms with Crippen molar-refractivity contribution in [1.82, 2.24) is 9.97 Å². The van der Waals surface area contributed by atoms with Gasteiger partial charge in [-0.2, -0.15) is 0 Å². The van der Waals surface area contributed by atoms with Crippen molar-refractivity contribution < 1.29 is 14.0 Å². The third kappa shape index (κ3) is 5.07. The van der Waals surface area contributed by atoms with E-state index in [1.165, 1.54) is 11.0 Å². The van der Waals surface area contributed by atoms with E-state index in [4.69, 9.17) is 11.6 Å². The lowest BCUT2D eigenvalue weighted by atomic mass is 10.0. The predicted octanol–water partition coefficient (Wildman–Crippen LogP) is 5.12. The first-order chi connectivity index (χ1) is 14.4. The number of nitrogens with zero attached hydrogens (tertiary/aromatic N) is 3. The molecule has 7 heteroatoms. The van der Waals surface area contributed by atoms with Crippen molar-refractivity contribution in [3.63, 3.8) is 0 Å². The maximum atomic E-state index is 14.5. The van der Waals surface area contributed by atoms with Gasteiger partial charge in [0.05, 0.1) is 5.69 Å². The van der Waals surface area contributed by atoms with Crippen LogP contribution in [0.3, 0.4) is 0 Å². The zero-order valence-electron chi connectivity index (χ0n) is 16.7. The minimum Gasteiger partial charge on any atom is -0.313 e. The summed E-state index contributed by atoms with van der Waals surface area (Å²) in [5.74, 6) is -0.744. The molecule has 0 spiro atoms. The van der Waals surface area contributed by atoms with E-state index in [2.05, 4.69) is 9.97 Å². The molecule has 30 heavy (non-hydrogen) atoms.